The molecule has 0 aliphatic carbocycles. The fourth-order valence-corrected chi connectivity index (χ4v) is 5.10. The Morgan fingerprint density at radius 1 is 0.829 bits per heavy atom. The van der Waals surface area contributed by atoms with E-state index in [0.717, 1.165) is 11.1 Å². The van der Waals surface area contributed by atoms with Crippen LogP contribution in [0.5, 0.6) is 5.75 Å². The zero-order chi connectivity index (χ0) is 30.3. The molecule has 0 saturated carbocycles. The summed E-state index contributed by atoms with van der Waals surface area (Å²) in [5.74, 6) is -2.16. The van der Waals surface area contributed by atoms with Crippen LogP contribution in [0.3, 0.4) is 0 Å². The van der Waals surface area contributed by atoms with Crippen LogP contribution in [0.1, 0.15) is 85.8 Å². The molecule has 2 N–H and O–H groups in total. The fourth-order valence-electron chi connectivity index (χ4n) is 5.10. The van der Waals surface area contributed by atoms with E-state index in [4.69, 9.17) is 4.74 Å². The number of aliphatic hydroxyl groups is 1. The minimum Gasteiger partial charge on any atom is -0.507 e. The number of Topliss-reactive ketones (excluding diaryl/α,β-unsaturated/α-hetero) is 1. The van der Waals surface area contributed by atoms with Crippen LogP contribution in [-0.4, -0.2) is 39.9 Å². The summed E-state index contributed by atoms with van der Waals surface area (Å²) in [5, 5.41) is 20.9. The number of benzene rings is 3. The molecule has 41 heavy (non-hydrogen) atoms. The van der Waals surface area contributed by atoms with Crippen LogP contribution >= 0.6 is 0 Å². The summed E-state index contributed by atoms with van der Waals surface area (Å²) in [6.45, 7) is 12.4. The number of carboxylic acids is 1. The smallest absolute Gasteiger partial charge is 0.335 e. The molecule has 1 fully saturated rings. The van der Waals surface area contributed by atoms with Gasteiger partial charge in [-0.2, -0.15) is 0 Å². The molecular weight excluding hydrogens is 518 g/mol. The van der Waals surface area contributed by atoms with Gasteiger partial charge in [-0.25, -0.2) is 4.79 Å². The highest BCUT2D eigenvalue weighted by Gasteiger charge is 2.46. The predicted octanol–water partition coefficient (Wildman–Crippen LogP) is 6.61. The van der Waals surface area contributed by atoms with Crippen molar-refractivity contribution in [1.29, 1.82) is 0 Å². The van der Waals surface area contributed by atoms with Gasteiger partial charge in [0.25, 0.3) is 11.7 Å². The second-order valence-corrected chi connectivity index (χ2v) is 12.5. The zero-order valence-electron chi connectivity index (χ0n) is 24.6. The number of aliphatic hydroxyl groups excluding tert-OH is 1. The Morgan fingerprint density at radius 3 is 1.93 bits per heavy atom. The van der Waals surface area contributed by atoms with Gasteiger partial charge in [-0.3, -0.25) is 9.59 Å². The van der Waals surface area contributed by atoms with Crippen LogP contribution < -0.4 is 4.74 Å². The van der Waals surface area contributed by atoms with E-state index in [1.54, 1.807) is 37.4 Å². The summed E-state index contributed by atoms with van der Waals surface area (Å²) in [6, 6.07) is 18.3. The summed E-state index contributed by atoms with van der Waals surface area (Å²) in [6.07, 6.45) is 0. The second-order valence-electron chi connectivity index (χ2n) is 12.5. The highest BCUT2D eigenvalue weighted by Crippen LogP contribution is 2.42. The molecule has 4 rings (SSSR count). The molecule has 214 valence electrons. The van der Waals surface area contributed by atoms with Crippen LogP contribution in [0.4, 0.5) is 0 Å². The molecule has 0 bridgehead atoms. The first-order chi connectivity index (χ1) is 19.1. The molecule has 1 aliphatic heterocycles. The first-order valence-corrected chi connectivity index (χ1v) is 13.5. The van der Waals surface area contributed by atoms with Crippen molar-refractivity contribution in [2.24, 2.45) is 0 Å². The molecule has 1 unspecified atom stereocenters. The van der Waals surface area contributed by atoms with Crippen LogP contribution in [0.2, 0.25) is 0 Å². The van der Waals surface area contributed by atoms with E-state index in [2.05, 4.69) is 20.8 Å². The number of rotatable bonds is 6. The number of hydrogen-bond donors (Lipinski definition) is 2. The lowest BCUT2D eigenvalue weighted by atomic mass is 9.84. The number of methoxy groups -OCH3 is 1. The third-order valence-corrected chi connectivity index (χ3v) is 7.47. The van der Waals surface area contributed by atoms with Crippen molar-refractivity contribution in [3.05, 3.63) is 106 Å². The molecule has 1 heterocycles. The van der Waals surface area contributed by atoms with Gasteiger partial charge in [-0.05, 0) is 57.9 Å². The normalized spacial score (nSPS) is 17.1. The third kappa shape index (κ3) is 5.89. The number of carboxylic acid groups (broad SMARTS) is 1. The van der Waals surface area contributed by atoms with E-state index >= 15 is 0 Å². The van der Waals surface area contributed by atoms with Gasteiger partial charge in [0, 0.05) is 17.7 Å². The second kappa shape index (κ2) is 10.9. The number of hydrogen-bond acceptors (Lipinski definition) is 5. The molecule has 1 amide bonds. The first-order valence-electron chi connectivity index (χ1n) is 13.5. The van der Waals surface area contributed by atoms with Gasteiger partial charge < -0.3 is 19.8 Å². The minimum absolute atomic E-state index is 0.00527. The molecule has 0 spiro atoms. The maximum atomic E-state index is 13.6. The van der Waals surface area contributed by atoms with Crippen molar-refractivity contribution in [3.63, 3.8) is 0 Å². The fraction of sp³-hybridized carbons (Fsp3) is 0.324. The van der Waals surface area contributed by atoms with E-state index in [9.17, 15) is 24.6 Å². The van der Waals surface area contributed by atoms with E-state index in [0.29, 0.717) is 22.4 Å². The lowest BCUT2D eigenvalue weighted by Crippen LogP contribution is -2.29. The monoisotopic (exact) mass is 555 g/mol. The van der Waals surface area contributed by atoms with Gasteiger partial charge in [0.2, 0.25) is 0 Å². The summed E-state index contributed by atoms with van der Waals surface area (Å²) in [7, 11) is 1.58. The van der Waals surface area contributed by atoms with Crippen LogP contribution in [0, 0.1) is 0 Å². The van der Waals surface area contributed by atoms with Gasteiger partial charge in [0.15, 0.2) is 0 Å². The van der Waals surface area contributed by atoms with Crippen molar-refractivity contribution in [2.45, 2.75) is 65.0 Å². The highest BCUT2D eigenvalue weighted by molar-refractivity contribution is 6.46. The molecule has 1 aliphatic rings. The molecule has 0 aromatic heterocycles. The number of likely N-dealkylation sites (tertiary alicyclic amines) is 1. The van der Waals surface area contributed by atoms with Crippen LogP contribution in [-0.2, 0) is 27.0 Å². The molecule has 3 aromatic rings. The van der Waals surface area contributed by atoms with E-state index in [1.165, 1.54) is 17.0 Å². The van der Waals surface area contributed by atoms with Crippen molar-refractivity contribution in [2.75, 3.05) is 7.11 Å². The molecule has 0 radical (unpaired) electrons. The average Bonchev–Trinajstić information content (AvgIpc) is 3.16. The number of ether oxygens (including phenoxy) is 1. The van der Waals surface area contributed by atoms with Gasteiger partial charge in [-0.15, -0.1) is 0 Å². The van der Waals surface area contributed by atoms with E-state index < -0.39 is 23.7 Å². The third-order valence-electron chi connectivity index (χ3n) is 7.47. The number of carbonyl (C=O) groups is 3. The standard InChI is InChI=1S/C34H37NO6/c1-33(2,3)24-15-12-21(13-16-24)28-27(29(36)23-14-17-26(41-7)25(18-23)34(4,5)6)30(37)31(38)35(28)19-20-8-10-22(11-9-20)32(39)40/h8-18,28,36H,19H2,1-7H3,(H,39,40)/b29-27-. The zero-order valence-corrected chi connectivity index (χ0v) is 24.6. The lowest BCUT2D eigenvalue weighted by Gasteiger charge is -2.27. The Labute approximate surface area is 241 Å². The molecule has 7 heteroatoms. The molecular formula is C34H37NO6. The number of carbonyl (C=O) groups excluding carboxylic acids is 2. The van der Waals surface area contributed by atoms with Crippen molar-refractivity contribution < 1.29 is 29.3 Å². The summed E-state index contributed by atoms with van der Waals surface area (Å²) >= 11 is 0. The number of aromatic carboxylic acids is 1. The molecule has 7 nitrogen and oxygen atoms in total. The summed E-state index contributed by atoms with van der Waals surface area (Å²) < 4.78 is 5.54. The van der Waals surface area contributed by atoms with E-state index in [-0.39, 0.29) is 34.3 Å². The highest BCUT2D eigenvalue weighted by atomic mass is 16.5. The number of amides is 1. The molecule has 1 atom stereocenters. The summed E-state index contributed by atoms with van der Waals surface area (Å²) in [5.41, 5.74) is 3.42. The van der Waals surface area contributed by atoms with Crippen molar-refractivity contribution >= 4 is 23.4 Å². The van der Waals surface area contributed by atoms with Crippen LogP contribution in [0.15, 0.2) is 72.3 Å². The maximum Gasteiger partial charge on any atom is 0.335 e. The minimum atomic E-state index is -1.05. The predicted molar refractivity (Wildman–Crippen MR) is 158 cm³/mol. The van der Waals surface area contributed by atoms with Gasteiger partial charge in [0.1, 0.15) is 11.5 Å². The Balaban J connectivity index is 1.88. The Hall–Kier alpha value is -4.39. The number of nitrogens with zero attached hydrogens (tertiary/aromatic N) is 1. The van der Waals surface area contributed by atoms with Gasteiger partial charge in [-0.1, -0.05) is 77.9 Å². The Bertz CT molecular complexity index is 1520. The Morgan fingerprint density at radius 2 is 1.41 bits per heavy atom. The van der Waals surface area contributed by atoms with Gasteiger partial charge in [0.05, 0.1) is 24.3 Å². The molecule has 3 aromatic carbocycles. The molecule has 1 saturated heterocycles. The topological polar surface area (TPSA) is 104 Å². The quantitative estimate of drug-likeness (QED) is 0.202. The SMILES string of the molecule is COc1ccc(/C(O)=C2/C(=O)C(=O)N(Cc3ccc(C(=O)O)cc3)C2c2ccc(C(C)(C)C)cc2)cc1C(C)(C)C. The lowest BCUT2D eigenvalue weighted by molar-refractivity contribution is -0.140. The average molecular weight is 556 g/mol. The largest absolute Gasteiger partial charge is 0.507 e. The Kier molecular flexibility index (Phi) is 7.85. The van der Waals surface area contributed by atoms with Crippen LogP contribution in [0.25, 0.3) is 5.76 Å². The van der Waals surface area contributed by atoms with Gasteiger partial charge >= 0.3 is 5.97 Å². The first kappa shape index (κ1) is 29.6. The van der Waals surface area contributed by atoms with E-state index in [1.807, 2.05) is 45.0 Å². The van der Waals surface area contributed by atoms with Crippen molar-refractivity contribution in [1.82, 2.24) is 4.90 Å². The van der Waals surface area contributed by atoms with Crippen molar-refractivity contribution in [3.8, 4) is 5.75 Å². The number of ketones is 1. The maximum absolute atomic E-state index is 13.6. The summed E-state index contributed by atoms with van der Waals surface area (Å²) in [4.78, 5) is 39.8.